The van der Waals surface area contributed by atoms with E-state index in [9.17, 15) is 28.2 Å². The highest BCUT2D eigenvalue weighted by molar-refractivity contribution is 5.87. The van der Waals surface area contributed by atoms with Crippen molar-refractivity contribution in [3.63, 3.8) is 0 Å². The summed E-state index contributed by atoms with van der Waals surface area (Å²) in [6.45, 7) is 3.88. The van der Waals surface area contributed by atoms with Crippen molar-refractivity contribution in [3.8, 4) is 0 Å². The van der Waals surface area contributed by atoms with Gasteiger partial charge in [-0.25, -0.2) is 0 Å². The fourth-order valence-corrected chi connectivity index (χ4v) is 2.33. The first-order valence-corrected chi connectivity index (χ1v) is 6.85. The van der Waals surface area contributed by atoms with Gasteiger partial charge < -0.3 is 19.8 Å². The predicted molar refractivity (Wildman–Crippen MR) is 73.8 cm³/mol. The Kier molecular flexibility index (Phi) is 4.79. The Morgan fingerprint density at radius 3 is 2.35 bits per heavy atom. The number of carbonyl (C=O) groups is 1. The molecule has 0 saturated carbocycles. The van der Waals surface area contributed by atoms with Gasteiger partial charge >= 0.3 is 12.1 Å². The first-order valence-electron chi connectivity index (χ1n) is 6.85. The number of amides is 1. The molecule has 5 nitrogen and oxygen atoms in total. The van der Waals surface area contributed by atoms with E-state index in [-0.39, 0.29) is 18.0 Å². The number of hydrogen-bond donors (Lipinski definition) is 2. The van der Waals surface area contributed by atoms with Gasteiger partial charge in [0.2, 0.25) is 5.91 Å². The van der Waals surface area contributed by atoms with Crippen molar-refractivity contribution in [1.82, 2.24) is 4.90 Å². The standard InChI is InChI=1S/C15H16F3NO4/c1-2-13(20)19-8-7-12(9-19)23-15(21,22)11-5-3-10(4-6-11)14(16,17)18/h2-6,12,21-22H,1,7-9H2. The van der Waals surface area contributed by atoms with Gasteiger partial charge in [-0.15, -0.1) is 0 Å². The Hall–Kier alpha value is -1.90. The second kappa shape index (κ2) is 6.31. The van der Waals surface area contributed by atoms with Crippen LogP contribution in [0.25, 0.3) is 0 Å². The molecule has 0 aliphatic carbocycles. The highest BCUT2D eigenvalue weighted by Gasteiger charge is 2.36. The second-order valence-electron chi connectivity index (χ2n) is 5.20. The zero-order valence-electron chi connectivity index (χ0n) is 12.1. The Morgan fingerprint density at radius 2 is 1.83 bits per heavy atom. The molecule has 0 radical (unpaired) electrons. The molecule has 1 aliphatic rings. The van der Waals surface area contributed by atoms with Crippen LogP contribution in [-0.4, -0.2) is 40.2 Å². The highest BCUT2D eigenvalue weighted by Crippen LogP contribution is 2.31. The van der Waals surface area contributed by atoms with Crippen molar-refractivity contribution >= 4 is 5.91 Å². The summed E-state index contributed by atoms with van der Waals surface area (Å²) in [6.07, 6.45) is -3.63. The summed E-state index contributed by atoms with van der Waals surface area (Å²) in [5.41, 5.74) is -1.13. The quantitative estimate of drug-likeness (QED) is 0.650. The molecule has 0 aromatic heterocycles. The third-order valence-electron chi connectivity index (χ3n) is 3.55. The predicted octanol–water partition coefficient (Wildman–Crippen LogP) is 1.60. The van der Waals surface area contributed by atoms with Crippen molar-refractivity contribution in [2.75, 3.05) is 13.1 Å². The number of aliphatic hydroxyl groups is 2. The number of alkyl halides is 3. The third kappa shape index (κ3) is 4.10. The molecule has 0 bridgehead atoms. The summed E-state index contributed by atoms with van der Waals surface area (Å²) in [4.78, 5) is 12.9. The number of likely N-dealkylation sites (tertiary alicyclic amines) is 1. The fraction of sp³-hybridized carbons (Fsp3) is 0.400. The van der Waals surface area contributed by atoms with E-state index in [0.29, 0.717) is 13.0 Å². The van der Waals surface area contributed by atoms with E-state index in [4.69, 9.17) is 4.74 Å². The van der Waals surface area contributed by atoms with Gasteiger partial charge in [0.05, 0.1) is 11.7 Å². The van der Waals surface area contributed by atoms with Crippen LogP contribution < -0.4 is 0 Å². The lowest BCUT2D eigenvalue weighted by Gasteiger charge is -2.26. The van der Waals surface area contributed by atoms with E-state index in [0.717, 1.165) is 30.3 Å². The van der Waals surface area contributed by atoms with Crippen LogP contribution >= 0.6 is 0 Å². The van der Waals surface area contributed by atoms with Crippen molar-refractivity contribution in [3.05, 3.63) is 48.0 Å². The van der Waals surface area contributed by atoms with Crippen LogP contribution in [0.4, 0.5) is 13.2 Å². The Morgan fingerprint density at radius 1 is 1.26 bits per heavy atom. The number of carbonyl (C=O) groups excluding carboxylic acids is 1. The zero-order valence-corrected chi connectivity index (χ0v) is 12.1. The van der Waals surface area contributed by atoms with Gasteiger partial charge in [-0.3, -0.25) is 4.79 Å². The third-order valence-corrected chi connectivity index (χ3v) is 3.55. The van der Waals surface area contributed by atoms with Gasteiger partial charge in [-0.2, -0.15) is 13.2 Å². The molecule has 1 aromatic rings. The summed E-state index contributed by atoms with van der Waals surface area (Å²) < 4.78 is 42.6. The average molecular weight is 331 g/mol. The summed E-state index contributed by atoms with van der Waals surface area (Å²) in [7, 11) is 0. The van der Waals surface area contributed by atoms with Crippen molar-refractivity contribution in [2.24, 2.45) is 0 Å². The Balaban J connectivity index is 2.04. The molecule has 2 N–H and O–H groups in total. The molecule has 1 aromatic carbocycles. The van der Waals surface area contributed by atoms with Gasteiger partial charge in [-0.1, -0.05) is 18.7 Å². The minimum absolute atomic E-state index is 0.147. The molecular weight excluding hydrogens is 315 g/mol. The normalized spacial score (nSPS) is 19.0. The maximum Gasteiger partial charge on any atom is 0.416 e. The van der Waals surface area contributed by atoms with Gasteiger partial charge in [0.15, 0.2) is 0 Å². The number of halogens is 3. The summed E-state index contributed by atoms with van der Waals surface area (Å²) >= 11 is 0. The minimum Gasteiger partial charge on any atom is -0.340 e. The molecule has 8 heteroatoms. The van der Waals surface area contributed by atoms with Gasteiger partial charge in [0, 0.05) is 18.7 Å². The highest BCUT2D eigenvalue weighted by atomic mass is 19.4. The molecule has 1 fully saturated rings. The Bertz CT molecular complexity index is 583. The van der Waals surface area contributed by atoms with E-state index in [1.165, 1.54) is 4.90 Å². The van der Waals surface area contributed by atoms with Gasteiger partial charge in [0.1, 0.15) is 0 Å². The first kappa shape index (κ1) is 17.5. The van der Waals surface area contributed by atoms with Crippen LogP contribution in [-0.2, 0) is 21.7 Å². The van der Waals surface area contributed by atoms with Crippen molar-refractivity contribution in [1.29, 1.82) is 0 Å². The maximum atomic E-state index is 12.5. The van der Waals surface area contributed by atoms with Crippen molar-refractivity contribution in [2.45, 2.75) is 24.7 Å². The van der Waals surface area contributed by atoms with E-state index >= 15 is 0 Å². The SMILES string of the molecule is C=CC(=O)N1CCC(OC(O)(O)c2ccc(C(F)(F)F)cc2)C1. The van der Waals surface area contributed by atoms with Crippen LogP contribution in [0.1, 0.15) is 17.5 Å². The monoisotopic (exact) mass is 331 g/mol. The molecule has 23 heavy (non-hydrogen) atoms. The lowest BCUT2D eigenvalue weighted by molar-refractivity contribution is -0.364. The molecule has 1 amide bonds. The topological polar surface area (TPSA) is 70.0 Å². The molecule has 126 valence electrons. The number of hydrogen-bond acceptors (Lipinski definition) is 4. The average Bonchev–Trinajstić information content (AvgIpc) is 2.93. The fourth-order valence-electron chi connectivity index (χ4n) is 2.33. The summed E-state index contributed by atoms with van der Waals surface area (Å²) in [6, 6.07) is 3.35. The molecule has 1 aliphatic heterocycles. The lowest BCUT2D eigenvalue weighted by Crippen LogP contribution is -2.36. The molecule has 2 rings (SSSR count). The number of benzene rings is 1. The van der Waals surface area contributed by atoms with Gasteiger partial charge in [0.25, 0.3) is 0 Å². The zero-order chi connectivity index (χ0) is 17.3. The lowest BCUT2D eigenvalue weighted by atomic mass is 10.1. The number of rotatable bonds is 4. The van der Waals surface area contributed by atoms with Gasteiger partial charge in [-0.05, 0) is 24.6 Å². The molecular formula is C15H16F3NO4. The molecule has 1 saturated heterocycles. The van der Waals surface area contributed by atoms with Crippen LogP contribution in [0, 0.1) is 0 Å². The van der Waals surface area contributed by atoms with E-state index < -0.39 is 23.8 Å². The minimum atomic E-state index is -4.51. The molecule has 1 unspecified atom stereocenters. The molecule has 1 heterocycles. The van der Waals surface area contributed by atoms with Crippen LogP contribution in [0.3, 0.4) is 0 Å². The summed E-state index contributed by atoms with van der Waals surface area (Å²) in [5, 5.41) is 19.9. The maximum absolute atomic E-state index is 12.5. The van der Waals surface area contributed by atoms with Crippen LogP contribution in [0.5, 0.6) is 0 Å². The van der Waals surface area contributed by atoms with Crippen LogP contribution in [0.2, 0.25) is 0 Å². The van der Waals surface area contributed by atoms with E-state index in [1.54, 1.807) is 0 Å². The Labute approximate surface area is 130 Å². The second-order valence-corrected chi connectivity index (χ2v) is 5.20. The van der Waals surface area contributed by atoms with Crippen LogP contribution in [0.15, 0.2) is 36.9 Å². The van der Waals surface area contributed by atoms with E-state index in [2.05, 4.69) is 6.58 Å². The largest absolute Gasteiger partial charge is 0.416 e. The molecule has 0 spiro atoms. The van der Waals surface area contributed by atoms with Crippen molar-refractivity contribution < 1.29 is 32.9 Å². The number of nitrogens with zero attached hydrogens (tertiary/aromatic N) is 1. The van der Waals surface area contributed by atoms with E-state index in [1.807, 2.05) is 0 Å². The molecule has 1 atom stereocenters. The number of ether oxygens (including phenoxy) is 1. The summed E-state index contributed by atoms with van der Waals surface area (Å²) in [5.74, 6) is -3.03. The first-order chi connectivity index (χ1) is 10.6. The smallest absolute Gasteiger partial charge is 0.340 e.